The van der Waals surface area contributed by atoms with Crippen LogP contribution in [-0.4, -0.2) is 62.5 Å². The first-order valence-corrected chi connectivity index (χ1v) is 9.40. The van der Waals surface area contributed by atoms with E-state index in [0.717, 1.165) is 34.5 Å². The number of imidazole rings is 1. The van der Waals surface area contributed by atoms with Crippen molar-refractivity contribution in [3.05, 3.63) is 47.8 Å². The van der Waals surface area contributed by atoms with Gasteiger partial charge in [-0.25, -0.2) is 4.98 Å². The Hall–Kier alpha value is -1.48. The molecule has 0 fully saturated rings. The van der Waals surface area contributed by atoms with Gasteiger partial charge in [0.1, 0.15) is 5.75 Å². The molecule has 2 aromatic heterocycles. The maximum absolute atomic E-state index is 12.7. The Morgan fingerprint density at radius 3 is 2.77 bits per heavy atom. The zero-order chi connectivity index (χ0) is 17.6. The van der Waals surface area contributed by atoms with Gasteiger partial charge in [0.25, 0.3) is 0 Å². The second-order valence-corrected chi connectivity index (χ2v) is 6.99. The van der Waals surface area contributed by atoms with E-state index in [1.54, 1.807) is 13.3 Å². The topological polar surface area (TPSA) is 77.1 Å². The van der Waals surface area contributed by atoms with Crippen LogP contribution in [-0.2, 0) is 21.3 Å². The quantitative estimate of drug-likeness (QED) is 0.478. The fourth-order valence-corrected chi connectivity index (χ4v) is 3.58. The van der Waals surface area contributed by atoms with Crippen molar-refractivity contribution in [1.82, 2.24) is 15.0 Å². The fourth-order valence-electron chi connectivity index (χ4n) is 2.48. The summed E-state index contributed by atoms with van der Waals surface area (Å²) in [5.74, 6) is 1.06. The van der Waals surface area contributed by atoms with E-state index >= 15 is 0 Å². The number of ether oxygens (including phenoxy) is 2. The second kappa shape index (κ2) is 10.0. The van der Waals surface area contributed by atoms with Crippen molar-refractivity contribution in [3.63, 3.8) is 0 Å². The number of aromatic amines is 1. The van der Waals surface area contributed by atoms with Gasteiger partial charge < -0.3 is 14.5 Å². The smallest absolute Gasteiger partial charge is 0.493 e. The van der Waals surface area contributed by atoms with Crippen molar-refractivity contribution in [3.8, 4) is 5.75 Å². The van der Waals surface area contributed by atoms with Crippen molar-refractivity contribution in [1.29, 1.82) is 0 Å². The molecule has 2 heterocycles. The molecule has 26 heavy (non-hydrogen) atoms. The molecule has 3 aromatic rings. The fraction of sp³-hybridized carbons (Fsp3) is 0.333. The maximum atomic E-state index is 12.7. The Bertz CT molecular complexity index is 852. The van der Waals surface area contributed by atoms with Crippen molar-refractivity contribution in [2.45, 2.75) is 24.3 Å². The number of benzene rings is 1. The molecule has 0 radical (unpaired) electrons. The van der Waals surface area contributed by atoms with Crippen LogP contribution in [0.25, 0.3) is 11.0 Å². The van der Waals surface area contributed by atoms with Crippen LogP contribution in [0.1, 0.15) is 17.7 Å². The summed E-state index contributed by atoms with van der Waals surface area (Å²) in [6.45, 7) is 3.17. The van der Waals surface area contributed by atoms with Gasteiger partial charge in [-0.1, -0.05) is 12.1 Å². The van der Waals surface area contributed by atoms with Crippen molar-refractivity contribution >= 4 is 44.9 Å². The van der Waals surface area contributed by atoms with Crippen LogP contribution in [0, 0.1) is 6.92 Å². The molecule has 0 aliphatic rings. The zero-order valence-electron chi connectivity index (χ0n) is 15.0. The molecule has 0 saturated heterocycles. The molecule has 132 valence electrons. The molecule has 1 atom stereocenters. The van der Waals surface area contributed by atoms with Crippen LogP contribution in [0.2, 0.25) is 0 Å². The molecule has 1 N–H and O–H groups in total. The van der Waals surface area contributed by atoms with Gasteiger partial charge in [0.2, 0.25) is 0 Å². The van der Waals surface area contributed by atoms with E-state index in [-0.39, 0.29) is 23.1 Å². The predicted molar refractivity (Wildman–Crippen MR) is 103 cm³/mol. The molecule has 3 rings (SSSR count). The number of pyridine rings is 1. The summed E-state index contributed by atoms with van der Waals surface area (Å²) >= 11 is 0. The molecule has 0 bridgehead atoms. The van der Waals surface area contributed by atoms with E-state index in [1.165, 1.54) is 0 Å². The predicted octanol–water partition coefficient (Wildman–Crippen LogP) is 2.61. The largest absolute Gasteiger partial charge is 2.00 e. The summed E-state index contributed by atoms with van der Waals surface area (Å²) in [5.41, 5.74) is 3.35. The number of aromatic nitrogens is 3. The molecular weight excluding hydrogens is 363 g/mol. The summed E-state index contributed by atoms with van der Waals surface area (Å²) in [6, 6.07) is 9.47. The van der Waals surface area contributed by atoms with Crippen LogP contribution < -0.4 is 4.74 Å². The van der Waals surface area contributed by atoms with E-state index in [4.69, 9.17) is 9.47 Å². The Labute approximate surface area is 171 Å². The van der Waals surface area contributed by atoms with Gasteiger partial charge in [-0.2, -0.15) is 0 Å². The number of hydrogen-bond donors (Lipinski definition) is 1. The van der Waals surface area contributed by atoms with Gasteiger partial charge in [0.05, 0.1) is 39.9 Å². The molecule has 6 nitrogen and oxygen atoms in total. The molecule has 0 aliphatic heterocycles. The molecule has 8 heteroatoms. The summed E-state index contributed by atoms with van der Waals surface area (Å²) < 4.78 is 23.5. The first-order valence-electron chi connectivity index (χ1n) is 8.08. The van der Waals surface area contributed by atoms with E-state index in [9.17, 15) is 4.21 Å². The normalized spacial score (nSPS) is 11.9. The van der Waals surface area contributed by atoms with Crippen LogP contribution in [0.3, 0.4) is 0 Å². The average Bonchev–Trinajstić information content (AvgIpc) is 3.06. The molecule has 0 saturated carbocycles. The summed E-state index contributed by atoms with van der Waals surface area (Å²) in [7, 11) is 0.371. The Balaban J connectivity index is 0.00000243. The van der Waals surface area contributed by atoms with E-state index in [0.29, 0.717) is 24.1 Å². The number of methoxy groups -OCH3 is 1. The third-order valence-corrected chi connectivity index (χ3v) is 5.02. The second-order valence-electron chi connectivity index (χ2n) is 5.62. The molecule has 0 unspecified atom stereocenters. The number of H-pyrrole nitrogens is 1. The zero-order valence-corrected chi connectivity index (χ0v) is 17.3. The number of rotatable bonds is 8. The van der Waals surface area contributed by atoms with Gasteiger partial charge in [0, 0.05) is 31.9 Å². The van der Waals surface area contributed by atoms with E-state index in [1.807, 2.05) is 37.3 Å². The van der Waals surface area contributed by atoms with Gasteiger partial charge >= 0.3 is 23.1 Å². The minimum absolute atomic E-state index is 0. The summed E-state index contributed by atoms with van der Waals surface area (Å²) in [4.78, 5) is 11.9. The van der Waals surface area contributed by atoms with Crippen LogP contribution in [0.4, 0.5) is 0 Å². The summed E-state index contributed by atoms with van der Waals surface area (Å²) in [5, 5.41) is 0.466. The summed E-state index contributed by atoms with van der Waals surface area (Å²) in [6.07, 6.45) is 2.50. The van der Waals surface area contributed by atoms with Crippen LogP contribution in [0.15, 0.2) is 41.7 Å². The first kappa shape index (κ1) is 20.8. The molecule has 0 aliphatic carbocycles. The number of hydrogen-bond acceptors (Lipinski definition) is 5. The minimum atomic E-state index is -1.30. The van der Waals surface area contributed by atoms with Gasteiger partial charge in [-0.05, 0) is 25.1 Å². The number of para-hydroxylation sites is 2. The standard InChI is InChI=1S/C18H21N3O3S.Mg/c1-13-16(19-9-8-17(13)24-11-5-10-23-2)12-25(22)18-20-14-6-3-4-7-15(14)21-18;/h3-4,6-9H,5,10-12H2,1-2H3,(H,20,21);/q;+2/t25-;/m0./s1. The third-order valence-electron chi connectivity index (χ3n) is 3.86. The average molecular weight is 384 g/mol. The van der Waals surface area contributed by atoms with Crippen molar-refractivity contribution in [2.24, 2.45) is 0 Å². The minimum Gasteiger partial charge on any atom is -0.493 e. The van der Waals surface area contributed by atoms with E-state index < -0.39 is 10.8 Å². The Morgan fingerprint density at radius 2 is 2.00 bits per heavy atom. The van der Waals surface area contributed by atoms with Crippen LogP contribution in [0.5, 0.6) is 5.75 Å². The molecule has 0 spiro atoms. The SMILES string of the molecule is COCCCOc1ccnc(C[S@](=O)c2nc3ccccc3[nH]2)c1C.[Mg+2]. The van der Waals surface area contributed by atoms with Crippen LogP contribution >= 0.6 is 0 Å². The Kier molecular flexibility index (Phi) is 8.01. The van der Waals surface area contributed by atoms with Crippen molar-refractivity contribution in [2.75, 3.05) is 20.3 Å². The Morgan fingerprint density at radius 1 is 1.19 bits per heavy atom. The van der Waals surface area contributed by atoms with E-state index in [2.05, 4.69) is 15.0 Å². The van der Waals surface area contributed by atoms with Gasteiger partial charge in [0.15, 0.2) is 5.16 Å². The van der Waals surface area contributed by atoms with Gasteiger partial charge in [-0.15, -0.1) is 0 Å². The molecule has 0 amide bonds. The van der Waals surface area contributed by atoms with Gasteiger partial charge in [-0.3, -0.25) is 9.19 Å². The van der Waals surface area contributed by atoms with Crippen molar-refractivity contribution < 1.29 is 13.7 Å². The maximum Gasteiger partial charge on any atom is 2.00 e. The third kappa shape index (κ3) is 5.03. The monoisotopic (exact) mass is 383 g/mol. The first-order chi connectivity index (χ1) is 12.2. The molecular formula is C18H21MgN3O3S+2. The molecule has 1 aromatic carbocycles. The number of nitrogens with one attached hydrogen (secondary N) is 1. The number of nitrogens with zero attached hydrogens (tertiary/aromatic N) is 2. The number of fused-ring (bicyclic) bond motifs is 1.